The molecule has 2 fully saturated rings. The normalized spacial score (nSPS) is 20.0. The first kappa shape index (κ1) is 22.5. The standard InChI is InChI=1S/C26H32FN3O2/c27-21-14-12-19(13-15-21)17-30-16-6-7-20(18-30)25(31)29-24-11-5-4-10-23(24)26(32)28-22-8-2-1-3-9-22/h4-5,10-15,20,22H,1-3,6-9,16-18H2,(H,28,32)(H,29,31). The lowest BCUT2D eigenvalue weighted by atomic mass is 9.95. The Hall–Kier alpha value is -2.73. The van der Waals surface area contributed by atoms with Crippen LogP contribution in [0.1, 0.15) is 60.9 Å². The van der Waals surface area contributed by atoms with Crippen molar-refractivity contribution in [1.82, 2.24) is 10.2 Å². The molecule has 170 valence electrons. The number of carbonyl (C=O) groups excluding carboxylic acids is 2. The van der Waals surface area contributed by atoms with Crippen molar-refractivity contribution in [3.05, 3.63) is 65.5 Å². The summed E-state index contributed by atoms with van der Waals surface area (Å²) in [6.07, 6.45) is 7.33. The summed E-state index contributed by atoms with van der Waals surface area (Å²) in [5, 5.41) is 6.16. The van der Waals surface area contributed by atoms with Gasteiger partial charge in [0.25, 0.3) is 5.91 Å². The number of halogens is 1. The van der Waals surface area contributed by atoms with Crippen LogP contribution in [0.2, 0.25) is 0 Å². The maximum absolute atomic E-state index is 13.2. The first-order chi connectivity index (χ1) is 15.6. The van der Waals surface area contributed by atoms with Crippen LogP contribution in [0.25, 0.3) is 0 Å². The molecule has 1 atom stereocenters. The smallest absolute Gasteiger partial charge is 0.253 e. The zero-order valence-corrected chi connectivity index (χ0v) is 18.5. The summed E-state index contributed by atoms with van der Waals surface area (Å²) in [6, 6.07) is 14.0. The summed E-state index contributed by atoms with van der Waals surface area (Å²) in [7, 11) is 0. The number of likely N-dealkylation sites (tertiary alicyclic amines) is 1. The maximum Gasteiger partial charge on any atom is 0.253 e. The Morgan fingerprint density at radius 3 is 2.47 bits per heavy atom. The molecule has 4 rings (SSSR count). The van der Waals surface area contributed by atoms with Gasteiger partial charge in [0.1, 0.15) is 5.82 Å². The van der Waals surface area contributed by atoms with Crippen LogP contribution in [0, 0.1) is 11.7 Å². The monoisotopic (exact) mass is 437 g/mol. The van der Waals surface area contributed by atoms with Gasteiger partial charge in [-0.15, -0.1) is 0 Å². The Labute approximate surface area is 189 Å². The minimum Gasteiger partial charge on any atom is -0.349 e. The Bertz CT molecular complexity index is 925. The van der Waals surface area contributed by atoms with Crippen molar-refractivity contribution in [3.8, 4) is 0 Å². The first-order valence-corrected chi connectivity index (χ1v) is 11.8. The van der Waals surface area contributed by atoms with Gasteiger partial charge in [-0.3, -0.25) is 14.5 Å². The largest absolute Gasteiger partial charge is 0.349 e. The van der Waals surface area contributed by atoms with Crippen LogP contribution in [0.15, 0.2) is 48.5 Å². The number of anilines is 1. The summed E-state index contributed by atoms with van der Waals surface area (Å²) in [5.41, 5.74) is 2.13. The maximum atomic E-state index is 13.2. The van der Waals surface area contributed by atoms with Gasteiger partial charge in [-0.2, -0.15) is 0 Å². The van der Waals surface area contributed by atoms with E-state index in [0.29, 0.717) is 24.3 Å². The number of carbonyl (C=O) groups is 2. The van der Waals surface area contributed by atoms with E-state index in [1.54, 1.807) is 24.3 Å². The van der Waals surface area contributed by atoms with Crippen LogP contribution in [0.5, 0.6) is 0 Å². The van der Waals surface area contributed by atoms with Crippen LogP contribution in [0.4, 0.5) is 10.1 Å². The van der Waals surface area contributed by atoms with E-state index in [-0.39, 0.29) is 29.6 Å². The van der Waals surface area contributed by atoms with Crippen molar-refractivity contribution >= 4 is 17.5 Å². The quantitative estimate of drug-likeness (QED) is 0.686. The lowest BCUT2D eigenvalue weighted by Crippen LogP contribution is -2.40. The third-order valence-electron chi connectivity index (χ3n) is 6.57. The lowest BCUT2D eigenvalue weighted by Gasteiger charge is -2.32. The van der Waals surface area contributed by atoms with Crippen molar-refractivity contribution in [3.63, 3.8) is 0 Å². The van der Waals surface area contributed by atoms with E-state index in [2.05, 4.69) is 15.5 Å². The lowest BCUT2D eigenvalue weighted by molar-refractivity contribution is -0.121. The summed E-state index contributed by atoms with van der Waals surface area (Å²) >= 11 is 0. The number of hydrogen-bond acceptors (Lipinski definition) is 3. The molecule has 1 aliphatic carbocycles. The van der Waals surface area contributed by atoms with Gasteiger partial charge in [-0.25, -0.2) is 4.39 Å². The highest BCUT2D eigenvalue weighted by Crippen LogP contribution is 2.23. The van der Waals surface area contributed by atoms with Gasteiger partial charge >= 0.3 is 0 Å². The van der Waals surface area contributed by atoms with E-state index in [1.165, 1.54) is 18.6 Å². The Morgan fingerprint density at radius 2 is 1.69 bits per heavy atom. The molecule has 32 heavy (non-hydrogen) atoms. The minimum atomic E-state index is -0.240. The number of piperidine rings is 1. The molecule has 2 aromatic carbocycles. The molecule has 2 aliphatic rings. The van der Waals surface area contributed by atoms with Crippen LogP contribution >= 0.6 is 0 Å². The molecule has 0 bridgehead atoms. The minimum absolute atomic E-state index is 0.0493. The van der Waals surface area contributed by atoms with E-state index in [0.717, 1.165) is 50.6 Å². The average molecular weight is 438 g/mol. The fraction of sp³-hybridized carbons (Fsp3) is 0.462. The molecule has 1 saturated carbocycles. The van der Waals surface area contributed by atoms with Gasteiger partial charge in [-0.1, -0.05) is 43.5 Å². The molecule has 0 aromatic heterocycles. The molecule has 0 spiro atoms. The Kier molecular flexibility index (Phi) is 7.53. The number of nitrogens with zero attached hydrogens (tertiary/aromatic N) is 1. The van der Waals surface area contributed by atoms with Crippen molar-refractivity contribution in [1.29, 1.82) is 0 Å². The fourth-order valence-electron chi connectivity index (χ4n) is 4.80. The molecule has 1 unspecified atom stereocenters. The molecule has 1 saturated heterocycles. The van der Waals surface area contributed by atoms with Gasteiger partial charge < -0.3 is 10.6 Å². The number of nitrogens with one attached hydrogen (secondary N) is 2. The fourth-order valence-corrected chi connectivity index (χ4v) is 4.80. The van der Waals surface area contributed by atoms with Gasteiger partial charge in [0, 0.05) is 19.1 Å². The highest BCUT2D eigenvalue weighted by Gasteiger charge is 2.27. The molecule has 5 nitrogen and oxygen atoms in total. The number of hydrogen-bond donors (Lipinski definition) is 2. The van der Waals surface area contributed by atoms with Crippen LogP contribution in [0.3, 0.4) is 0 Å². The van der Waals surface area contributed by atoms with Gasteiger partial charge in [0.15, 0.2) is 0 Å². The Morgan fingerprint density at radius 1 is 0.938 bits per heavy atom. The average Bonchev–Trinajstić information content (AvgIpc) is 2.82. The summed E-state index contributed by atoms with van der Waals surface area (Å²) < 4.78 is 13.2. The number of benzene rings is 2. The van der Waals surface area contributed by atoms with Crippen molar-refractivity contribution in [2.45, 2.75) is 57.5 Å². The van der Waals surface area contributed by atoms with Crippen LogP contribution < -0.4 is 10.6 Å². The highest BCUT2D eigenvalue weighted by atomic mass is 19.1. The van der Waals surface area contributed by atoms with E-state index in [9.17, 15) is 14.0 Å². The molecule has 1 heterocycles. The third kappa shape index (κ3) is 5.94. The summed E-state index contributed by atoms with van der Waals surface area (Å²) in [4.78, 5) is 28.2. The highest BCUT2D eigenvalue weighted by molar-refractivity contribution is 6.04. The molecule has 2 aromatic rings. The van der Waals surface area contributed by atoms with Crippen LogP contribution in [-0.4, -0.2) is 35.8 Å². The molecule has 0 radical (unpaired) electrons. The molecule has 1 aliphatic heterocycles. The van der Waals surface area contributed by atoms with E-state index >= 15 is 0 Å². The number of para-hydroxylation sites is 1. The predicted octanol–water partition coefficient (Wildman–Crippen LogP) is 4.74. The summed E-state index contributed by atoms with van der Waals surface area (Å²) in [5.74, 6) is -0.546. The topological polar surface area (TPSA) is 61.4 Å². The molecular formula is C26H32FN3O2. The van der Waals surface area contributed by atoms with E-state index in [1.807, 2.05) is 12.1 Å². The predicted molar refractivity (Wildman–Crippen MR) is 124 cm³/mol. The molecule has 2 amide bonds. The number of rotatable bonds is 6. The third-order valence-corrected chi connectivity index (χ3v) is 6.57. The Balaban J connectivity index is 1.36. The zero-order chi connectivity index (χ0) is 22.3. The second kappa shape index (κ2) is 10.7. The molecule has 2 N–H and O–H groups in total. The van der Waals surface area contributed by atoms with Crippen LogP contribution in [-0.2, 0) is 11.3 Å². The van der Waals surface area contributed by atoms with E-state index in [4.69, 9.17) is 0 Å². The zero-order valence-electron chi connectivity index (χ0n) is 18.5. The van der Waals surface area contributed by atoms with Gasteiger partial charge in [0.2, 0.25) is 5.91 Å². The van der Waals surface area contributed by atoms with Gasteiger partial charge in [0.05, 0.1) is 17.2 Å². The molecular weight excluding hydrogens is 405 g/mol. The first-order valence-electron chi connectivity index (χ1n) is 11.8. The molecule has 6 heteroatoms. The second-order valence-electron chi connectivity index (χ2n) is 9.04. The summed E-state index contributed by atoms with van der Waals surface area (Å²) in [6.45, 7) is 2.27. The van der Waals surface area contributed by atoms with E-state index < -0.39 is 0 Å². The van der Waals surface area contributed by atoms with Crippen molar-refractivity contribution < 1.29 is 14.0 Å². The second-order valence-corrected chi connectivity index (χ2v) is 9.04. The SMILES string of the molecule is O=C(NC1CCCCC1)c1ccccc1NC(=O)C1CCCN(Cc2ccc(F)cc2)C1. The number of amides is 2. The van der Waals surface area contributed by atoms with Crippen molar-refractivity contribution in [2.24, 2.45) is 5.92 Å². The van der Waals surface area contributed by atoms with Crippen molar-refractivity contribution in [2.75, 3.05) is 18.4 Å². The van der Waals surface area contributed by atoms with Gasteiger partial charge in [-0.05, 0) is 62.1 Å².